The monoisotopic (exact) mass is 140 g/mol. The van der Waals surface area contributed by atoms with Crippen LogP contribution in [0.15, 0.2) is 11.6 Å². The molecule has 0 saturated carbocycles. The molecule has 0 N–H and O–H groups in total. The Labute approximate surface area is 65.3 Å². The molecule has 0 spiro atoms. The number of allylic oxidation sites excluding steroid dienone is 2. The van der Waals surface area contributed by atoms with Gasteiger partial charge in [-0.15, -0.1) is 0 Å². The minimum Gasteiger partial charge on any atom is -0.0854 e. The molecule has 0 aromatic carbocycles. The average molecular weight is 140 g/mol. The fourth-order valence-corrected chi connectivity index (χ4v) is 0.933. The van der Waals surface area contributed by atoms with Gasteiger partial charge in [0.15, 0.2) is 0 Å². The van der Waals surface area contributed by atoms with Crippen LogP contribution in [0.4, 0.5) is 0 Å². The van der Waals surface area contributed by atoms with Gasteiger partial charge in [0.05, 0.1) is 0 Å². The molecular weight excluding hydrogens is 120 g/mol. The Morgan fingerprint density at radius 1 is 1.40 bits per heavy atom. The zero-order valence-corrected chi connectivity index (χ0v) is 7.78. The van der Waals surface area contributed by atoms with Crippen molar-refractivity contribution in [3.8, 4) is 0 Å². The van der Waals surface area contributed by atoms with Crippen molar-refractivity contribution >= 4 is 0 Å². The molecule has 0 saturated heterocycles. The lowest BCUT2D eigenvalue weighted by atomic mass is 10.1. The Kier molecular flexibility index (Phi) is 5.38. The van der Waals surface area contributed by atoms with E-state index in [1.807, 2.05) is 0 Å². The summed E-state index contributed by atoms with van der Waals surface area (Å²) in [4.78, 5) is 0. The van der Waals surface area contributed by atoms with E-state index in [9.17, 15) is 0 Å². The Hall–Kier alpha value is -0.260. The van der Waals surface area contributed by atoms with Crippen LogP contribution >= 0.6 is 0 Å². The van der Waals surface area contributed by atoms with Crippen molar-refractivity contribution in [2.45, 2.75) is 47.0 Å². The molecule has 0 heterocycles. The van der Waals surface area contributed by atoms with Crippen molar-refractivity contribution in [1.82, 2.24) is 0 Å². The summed E-state index contributed by atoms with van der Waals surface area (Å²) >= 11 is 0. The zero-order valence-electron chi connectivity index (χ0n) is 7.78. The van der Waals surface area contributed by atoms with Gasteiger partial charge in [0, 0.05) is 0 Å². The summed E-state index contributed by atoms with van der Waals surface area (Å²) in [7, 11) is 0. The van der Waals surface area contributed by atoms with Gasteiger partial charge >= 0.3 is 0 Å². The van der Waals surface area contributed by atoms with E-state index in [0.717, 1.165) is 5.92 Å². The summed E-state index contributed by atoms with van der Waals surface area (Å²) in [5.74, 6) is 0.812. The molecule has 0 aliphatic carbocycles. The van der Waals surface area contributed by atoms with Gasteiger partial charge in [0.25, 0.3) is 0 Å². The minimum absolute atomic E-state index is 0.812. The smallest absolute Gasteiger partial charge is 0.0325 e. The van der Waals surface area contributed by atoms with Crippen molar-refractivity contribution in [3.63, 3.8) is 0 Å². The molecular formula is C10H20. The van der Waals surface area contributed by atoms with E-state index in [1.165, 1.54) is 19.3 Å². The first-order valence-corrected chi connectivity index (χ1v) is 4.32. The van der Waals surface area contributed by atoms with Gasteiger partial charge in [-0.05, 0) is 25.7 Å². The van der Waals surface area contributed by atoms with Gasteiger partial charge in [-0.3, -0.25) is 0 Å². The number of hydrogen-bond donors (Lipinski definition) is 0. The van der Waals surface area contributed by atoms with Gasteiger partial charge in [0.1, 0.15) is 0 Å². The predicted octanol–water partition coefficient (Wildman–Crippen LogP) is 3.78. The largest absolute Gasteiger partial charge is 0.0854 e. The molecule has 0 aromatic rings. The summed E-state index contributed by atoms with van der Waals surface area (Å²) < 4.78 is 0. The van der Waals surface area contributed by atoms with E-state index >= 15 is 0 Å². The molecule has 0 heteroatoms. The van der Waals surface area contributed by atoms with Crippen molar-refractivity contribution < 1.29 is 0 Å². The second-order valence-corrected chi connectivity index (χ2v) is 3.43. The Morgan fingerprint density at radius 2 is 2.00 bits per heavy atom. The van der Waals surface area contributed by atoms with Crippen LogP contribution in [-0.2, 0) is 0 Å². The van der Waals surface area contributed by atoms with Crippen molar-refractivity contribution in [2.24, 2.45) is 5.92 Å². The molecule has 0 rings (SSSR count). The molecule has 0 radical (unpaired) electrons. The summed E-state index contributed by atoms with van der Waals surface area (Å²) in [5, 5.41) is 0. The summed E-state index contributed by atoms with van der Waals surface area (Å²) in [5.41, 5.74) is 1.55. The van der Waals surface area contributed by atoms with Crippen molar-refractivity contribution in [2.75, 3.05) is 0 Å². The van der Waals surface area contributed by atoms with E-state index < -0.39 is 0 Å². The van der Waals surface area contributed by atoms with E-state index in [2.05, 4.69) is 33.8 Å². The highest BCUT2D eigenvalue weighted by atomic mass is 14.0. The first-order chi connectivity index (χ1) is 4.66. The third kappa shape index (κ3) is 5.87. The Balaban J connectivity index is 3.47. The third-order valence-electron chi connectivity index (χ3n) is 1.58. The van der Waals surface area contributed by atoms with Crippen LogP contribution in [0, 0.1) is 5.92 Å². The molecule has 0 atom stereocenters. The van der Waals surface area contributed by atoms with Gasteiger partial charge in [0.2, 0.25) is 0 Å². The fourth-order valence-electron chi connectivity index (χ4n) is 0.933. The fraction of sp³-hybridized carbons (Fsp3) is 0.800. The first-order valence-electron chi connectivity index (χ1n) is 4.32. The highest BCUT2D eigenvalue weighted by molar-refractivity contribution is 4.97. The molecule has 0 amide bonds. The second kappa shape index (κ2) is 5.52. The Bertz CT molecular complexity index is 98.6. The lowest BCUT2D eigenvalue weighted by Crippen LogP contribution is -1.84. The van der Waals surface area contributed by atoms with E-state index in [1.54, 1.807) is 5.57 Å². The third-order valence-corrected chi connectivity index (χ3v) is 1.58. The highest BCUT2D eigenvalue weighted by Crippen LogP contribution is 2.08. The number of rotatable bonds is 4. The SMILES string of the molecule is CCC/C(C)=C/CC(C)C. The lowest BCUT2D eigenvalue weighted by molar-refractivity contribution is 0.658. The maximum Gasteiger partial charge on any atom is -0.0325 e. The zero-order chi connectivity index (χ0) is 7.98. The lowest BCUT2D eigenvalue weighted by Gasteiger charge is -2.00. The van der Waals surface area contributed by atoms with Crippen LogP contribution in [0.25, 0.3) is 0 Å². The summed E-state index contributed by atoms with van der Waals surface area (Å²) in [6.07, 6.45) is 6.16. The van der Waals surface area contributed by atoms with Crippen LogP contribution in [0.1, 0.15) is 47.0 Å². The van der Waals surface area contributed by atoms with E-state index in [4.69, 9.17) is 0 Å². The quantitative estimate of drug-likeness (QED) is 0.521. The van der Waals surface area contributed by atoms with E-state index in [0.29, 0.717) is 0 Å². The number of hydrogen-bond acceptors (Lipinski definition) is 0. The van der Waals surface area contributed by atoms with Crippen LogP contribution in [0.5, 0.6) is 0 Å². The van der Waals surface area contributed by atoms with E-state index in [-0.39, 0.29) is 0 Å². The van der Waals surface area contributed by atoms with Crippen LogP contribution in [-0.4, -0.2) is 0 Å². The molecule has 0 bridgehead atoms. The Morgan fingerprint density at radius 3 is 2.40 bits per heavy atom. The molecule has 0 aliphatic rings. The highest BCUT2D eigenvalue weighted by Gasteiger charge is 1.90. The molecule has 0 nitrogen and oxygen atoms in total. The van der Waals surface area contributed by atoms with Crippen LogP contribution in [0.2, 0.25) is 0 Å². The van der Waals surface area contributed by atoms with Gasteiger partial charge in [-0.2, -0.15) is 0 Å². The molecule has 0 aliphatic heterocycles. The molecule has 0 fully saturated rings. The summed E-state index contributed by atoms with van der Waals surface area (Å²) in [6, 6.07) is 0. The minimum atomic E-state index is 0.812. The van der Waals surface area contributed by atoms with Crippen LogP contribution < -0.4 is 0 Å². The van der Waals surface area contributed by atoms with Gasteiger partial charge in [-0.1, -0.05) is 38.8 Å². The topological polar surface area (TPSA) is 0 Å². The summed E-state index contributed by atoms with van der Waals surface area (Å²) in [6.45, 7) is 8.98. The molecule has 0 unspecified atom stereocenters. The average Bonchev–Trinajstić information content (AvgIpc) is 1.85. The normalized spacial score (nSPS) is 12.7. The molecule has 0 aromatic heterocycles. The van der Waals surface area contributed by atoms with Gasteiger partial charge < -0.3 is 0 Å². The maximum absolute atomic E-state index is 2.37. The van der Waals surface area contributed by atoms with Gasteiger partial charge in [-0.25, -0.2) is 0 Å². The van der Waals surface area contributed by atoms with Crippen LogP contribution in [0.3, 0.4) is 0 Å². The predicted molar refractivity (Wildman–Crippen MR) is 48.1 cm³/mol. The second-order valence-electron chi connectivity index (χ2n) is 3.43. The van der Waals surface area contributed by atoms with Crippen molar-refractivity contribution in [3.05, 3.63) is 11.6 Å². The molecule has 10 heavy (non-hydrogen) atoms. The molecule has 60 valence electrons. The van der Waals surface area contributed by atoms with Crippen molar-refractivity contribution in [1.29, 1.82) is 0 Å². The first kappa shape index (κ1) is 9.74. The standard InChI is InChI=1S/C10H20/c1-5-6-10(4)8-7-9(2)3/h8-9H,5-7H2,1-4H3/b10-8+. The maximum atomic E-state index is 2.37.